The Morgan fingerprint density at radius 1 is 1.07 bits per heavy atom. The summed E-state index contributed by atoms with van der Waals surface area (Å²) in [6.07, 6.45) is 0.138. The van der Waals surface area contributed by atoms with Gasteiger partial charge in [-0.1, -0.05) is 20.8 Å². The molecule has 0 heterocycles. The fourth-order valence-corrected chi connectivity index (χ4v) is 1.26. The van der Waals surface area contributed by atoms with Crippen molar-refractivity contribution in [1.82, 2.24) is 0 Å². The van der Waals surface area contributed by atoms with E-state index >= 15 is 0 Å². The first-order valence-electron chi connectivity index (χ1n) is 4.64. The number of ether oxygens (including phenoxy) is 3. The Kier molecular flexibility index (Phi) is 5.01. The molecule has 1 atom stereocenters. The summed E-state index contributed by atoms with van der Waals surface area (Å²) in [5.74, 6) is -1.66. The average Bonchev–Trinajstić information content (AvgIpc) is 2.11. The van der Waals surface area contributed by atoms with Gasteiger partial charge >= 0.3 is 5.97 Å². The zero-order chi connectivity index (χ0) is 11.4. The highest BCUT2D eigenvalue weighted by Crippen LogP contribution is 2.28. The van der Waals surface area contributed by atoms with Crippen LogP contribution >= 0.6 is 0 Å². The van der Waals surface area contributed by atoms with Crippen molar-refractivity contribution in [2.24, 2.45) is 5.41 Å². The maximum atomic E-state index is 9.88. The average molecular weight is 206 g/mol. The maximum absolute atomic E-state index is 9.88. The van der Waals surface area contributed by atoms with Gasteiger partial charge in [0.15, 0.2) is 0 Å². The predicted octanol–water partition coefficient (Wildman–Crippen LogP) is 1.38. The second-order valence-corrected chi connectivity index (χ2v) is 4.53. The Balaban J connectivity index is 4.53. The van der Waals surface area contributed by atoms with Crippen LogP contribution in [0.3, 0.4) is 0 Å². The molecule has 4 heteroatoms. The normalized spacial score (nSPS) is 15.6. The molecule has 1 unspecified atom stereocenters. The van der Waals surface area contributed by atoms with Crippen LogP contribution < -0.4 is 0 Å². The van der Waals surface area contributed by atoms with Gasteiger partial charge in [0.05, 0.1) is 0 Å². The molecule has 0 saturated carbocycles. The lowest BCUT2D eigenvalue weighted by Gasteiger charge is -2.35. The molecule has 1 N–H and O–H groups in total. The van der Waals surface area contributed by atoms with Crippen molar-refractivity contribution in [3.05, 3.63) is 0 Å². The lowest BCUT2D eigenvalue weighted by atomic mass is 9.88. The van der Waals surface area contributed by atoms with Crippen LogP contribution in [0.15, 0.2) is 0 Å². The Morgan fingerprint density at radius 2 is 1.50 bits per heavy atom. The molecule has 0 aliphatic carbocycles. The monoisotopic (exact) mass is 206 g/mol. The number of methoxy groups -OCH3 is 3. The van der Waals surface area contributed by atoms with Gasteiger partial charge in [-0.3, -0.25) is 0 Å². The topological polar surface area (TPSA) is 47.9 Å². The SMILES string of the molecule is COC(CC(C)(C)C)C(O)(OC)OC. The third-order valence-corrected chi connectivity index (χ3v) is 2.07. The number of aliphatic hydroxyl groups is 1. The maximum Gasteiger partial charge on any atom is 0.307 e. The third-order valence-electron chi connectivity index (χ3n) is 2.07. The highest BCUT2D eigenvalue weighted by molar-refractivity contribution is 4.76. The summed E-state index contributed by atoms with van der Waals surface area (Å²) < 4.78 is 15.0. The molecule has 0 radical (unpaired) electrons. The van der Waals surface area contributed by atoms with Crippen LogP contribution in [-0.4, -0.2) is 38.5 Å². The van der Waals surface area contributed by atoms with Crippen LogP contribution in [0.5, 0.6) is 0 Å². The molecule has 86 valence electrons. The van der Waals surface area contributed by atoms with Crippen molar-refractivity contribution in [3.8, 4) is 0 Å². The van der Waals surface area contributed by atoms with Crippen molar-refractivity contribution in [3.63, 3.8) is 0 Å². The molecule has 0 aromatic carbocycles. The standard InChI is InChI=1S/C10H22O4/c1-9(2,3)7-8(12-4)10(11,13-5)14-6/h8,11H,7H2,1-6H3. The van der Waals surface area contributed by atoms with Gasteiger partial charge in [-0.2, -0.15) is 0 Å². The van der Waals surface area contributed by atoms with Gasteiger partial charge in [0.1, 0.15) is 6.10 Å². The van der Waals surface area contributed by atoms with Crippen molar-refractivity contribution in [1.29, 1.82) is 0 Å². The van der Waals surface area contributed by atoms with E-state index in [1.165, 1.54) is 21.3 Å². The van der Waals surface area contributed by atoms with E-state index in [1.807, 2.05) is 0 Å². The minimum absolute atomic E-state index is 0.0334. The zero-order valence-electron chi connectivity index (χ0n) is 9.96. The van der Waals surface area contributed by atoms with E-state index in [1.54, 1.807) is 0 Å². The minimum atomic E-state index is -1.66. The molecule has 0 fully saturated rings. The summed E-state index contributed by atoms with van der Waals surface area (Å²) in [6, 6.07) is 0. The summed E-state index contributed by atoms with van der Waals surface area (Å²) >= 11 is 0. The van der Waals surface area contributed by atoms with Crippen molar-refractivity contribution >= 4 is 0 Å². The number of hydrogen-bond donors (Lipinski definition) is 1. The third kappa shape index (κ3) is 3.92. The van der Waals surface area contributed by atoms with Gasteiger partial charge in [-0.05, 0) is 11.8 Å². The molecule has 0 aliphatic heterocycles. The zero-order valence-corrected chi connectivity index (χ0v) is 9.96. The van der Waals surface area contributed by atoms with Crippen LogP contribution in [0.4, 0.5) is 0 Å². The summed E-state index contributed by atoms with van der Waals surface area (Å²) in [4.78, 5) is 0. The Bertz CT molecular complexity index is 158. The molecule has 4 nitrogen and oxygen atoms in total. The van der Waals surface area contributed by atoms with Gasteiger partial charge in [-0.15, -0.1) is 0 Å². The van der Waals surface area contributed by atoms with Crippen LogP contribution in [-0.2, 0) is 14.2 Å². The first kappa shape index (κ1) is 13.8. The van der Waals surface area contributed by atoms with Gasteiger partial charge in [0, 0.05) is 21.3 Å². The summed E-state index contributed by atoms with van der Waals surface area (Å²) in [5, 5.41) is 9.88. The highest BCUT2D eigenvalue weighted by Gasteiger charge is 2.40. The van der Waals surface area contributed by atoms with Crippen molar-refractivity contribution in [2.75, 3.05) is 21.3 Å². The quantitative estimate of drug-likeness (QED) is 0.690. The van der Waals surface area contributed by atoms with E-state index in [0.29, 0.717) is 6.42 Å². The second-order valence-electron chi connectivity index (χ2n) is 4.53. The Hall–Kier alpha value is -0.160. The summed E-state index contributed by atoms with van der Waals surface area (Å²) in [5.41, 5.74) is 0.0334. The van der Waals surface area contributed by atoms with E-state index in [-0.39, 0.29) is 5.41 Å². The molecule has 0 aromatic heterocycles. The van der Waals surface area contributed by atoms with Crippen molar-refractivity contribution < 1.29 is 19.3 Å². The van der Waals surface area contributed by atoms with E-state index in [4.69, 9.17) is 14.2 Å². The highest BCUT2D eigenvalue weighted by atomic mass is 16.8. The summed E-state index contributed by atoms with van der Waals surface area (Å²) in [6.45, 7) is 6.18. The molecule has 0 aliphatic rings. The molecule has 0 amide bonds. The molecular formula is C10H22O4. The van der Waals surface area contributed by atoms with Gasteiger partial charge in [-0.25, -0.2) is 0 Å². The fraction of sp³-hybridized carbons (Fsp3) is 1.00. The number of rotatable bonds is 5. The van der Waals surface area contributed by atoms with Crippen LogP contribution in [0, 0.1) is 5.41 Å². The first-order valence-corrected chi connectivity index (χ1v) is 4.64. The number of hydrogen-bond acceptors (Lipinski definition) is 4. The van der Waals surface area contributed by atoms with Crippen LogP contribution in [0.25, 0.3) is 0 Å². The fourth-order valence-electron chi connectivity index (χ4n) is 1.26. The Morgan fingerprint density at radius 3 is 1.71 bits per heavy atom. The molecule has 0 aromatic rings. The molecular weight excluding hydrogens is 184 g/mol. The van der Waals surface area contributed by atoms with E-state index < -0.39 is 12.1 Å². The van der Waals surface area contributed by atoms with Crippen molar-refractivity contribution in [2.45, 2.75) is 39.3 Å². The predicted molar refractivity (Wildman–Crippen MR) is 53.8 cm³/mol. The minimum Gasteiger partial charge on any atom is -0.373 e. The molecule has 0 spiro atoms. The molecule has 0 saturated heterocycles. The lowest BCUT2D eigenvalue weighted by Crippen LogP contribution is -2.48. The molecule has 14 heavy (non-hydrogen) atoms. The van der Waals surface area contributed by atoms with Crippen LogP contribution in [0.1, 0.15) is 27.2 Å². The smallest absolute Gasteiger partial charge is 0.307 e. The second kappa shape index (κ2) is 5.07. The molecule has 0 rings (SSSR count). The summed E-state index contributed by atoms with van der Waals surface area (Å²) in [7, 11) is 4.30. The van der Waals surface area contributed by atoms with E-state index in [0.717, 1.165) is 0 Å². The van der Waals surface area contributed by atoms with E-state index in [9.17, 15) is 5.11 Å². The lowest BCUT2D eigenvalue weighted by molar-refractivity contribution is -0.383. The van der Waals surface area contributed by atoms with E-state index in [2.05, 4.69) is 20.8 Å². The van der Waals surface area contributed by atoms with Crippen LogP contribution in [0.2, 0.25) is 0 Å². The van der Waals surface area contributed by atoms with Gasteiger partial charge in [0.2, 0.25) is 0 Å². The molecule has 0 bridgehead atoms. The van der Waals surface area contributed by atoms with Gasteiger partial charge < -0.3 is 19.3 Å². The van der Waals surface area contributed by atoms with Gasteiger partial charge in [0.25, 0.3) is 0 Å². The first-order chi connectivity index (χ1) is 6.29. The Labute approximate surface area is 86.2 Å². The largest absolute Gasteiger partial charge is 0.373 e.